The Hall–Kier alpha value is -1.72. The van der Waals surface area contributed by atoms with E-state index in [0.29, 0.717) is 12.8 Å². The molecule has 102 valence electrons. The Morgan fingerprint density at radius 1 is 0.778 bits per heavy atom. The lowest BCUT2D eigenvalue weighted by molar-refractivity contribution is -0.166. The summed E-state index contributed by atoms with van der Waals surface area (Å²) in [6.45, 7) is 6.66. The van der Waals surface area contributed by atoms with Gasteiger partial charge in [-0.05, 0) is 26.7 Å². The quantitative estimate of drug-likeness (QED) is 0.381. The average molecular weight is 258 g/mol. The molecule has 0 heterocycles. The number of carbonyl (C=O) groups excluding carboxylic acids is 4. The molecule has 2 atom stereocenters. The van der Waals surface area contributed by atoms with Gasteiger partial charge in [0, 0.05) is 0 Å². The SMILES string of the molecule is CCC(C)OC(=O)C(=O)C(=O)C(=O)OC(C)CC. The predicted octanol–water partition coefficient (Wildman–Crippen LogP) is 0.808. The zero-order valence-corrected chi connectivity index (χ0v) is 11.0. The van der Waals surface area contributed by atoms with Gasteiger partial charge in [-0.25, -0.2) is 9.59 Å². The summed E-state index contributed by atoms with van der Waals surface area (Å²) in [4.78, 5) is 45.0. The van der Waals surface area contributed by atoms with Crippen LogP contribution in [-0.2, 0) is 28.7 Å². The number of ether oxygens (including phenoxy) is 2. The second-order valence-corrected chi connectivity index (χ2v) is 3.91. The van der Waals surface area contributed by atoms with Crippen molar-refractivity contribution in [1.29, 1.82) is 0 Å². The smallest absolute Gasteiger partial charge is 0.383 e. The molecule has 0 radical (unpaired) electrons. The van der Waals surface area contributed by atoms with Crippen LogP contribution in [0, 0.1) is 0 Å². The Kier molecular flexibility index (Phi) is 6.85. The van der Waals surface area contributed by atoms with Crippen LogP contribution >= 0.6 is 0 Å². The average Bonchev–Trinajstić information content (AvgIpc) is 2.36. The maximum absolute atomic E-state index is 11.3. The van der Waals surface area contributed by atoms with Gasteiger partial charge in [0.2, 0.25) is 0 Å². The fourth-order valence-corrected chi connectivity index (χ4v) is 0.825. The molecule has 0 saturated carbocycles. The van der Waals surface area contributed by atoms with Crippen LogP contribution in [0.2, 0.25) is 0 Å². The fraction of sp³-hybridized carbons (Fsp3) is 0.667. The van der Waals surface area contributed by atoms with Gasteiger partial charge in [0.05, 0.1) is 12.2 Å². The van der Waals surface area contributed by atoms with E-state index in [1.165, 1.54) is 0 Å². The molecule has 0 fully saturated rings. The summed E-state index contributed by atoms with van der Waals surface area (Å²) in [5.74, 6) is -5.64. The van der Waals surface area contributed by atoms with Gasteiger partial charge in [-0.15, -0.1) is 0 Å². The monoisotopic (exact) mass is 258 g/mol. The fourth-order valence-electron chi connectivity index (χ4n) is 0.825. The molecule has 0 aliphatic rings. The van der Waals surface area contributed by atoms with Gasteiger partial charge in [-0.3, -0.25) is 9.59 Å². The summed E-state index contributed by atoms with van der Waals surface area (Å²) in [5, 5.41) is 0. The number of esters is 2. The van der Waals surface area contributed by atoms with E-state index in [2.05, 4.69) is 9.47 Å². The minimum atomic E-state index is -1.50. The van der Waals surface area contributed by atoms with Crippen molar-refractivity contribution in [2.75, 3.05) is 0 Å². The number of rotatable bonds is 7. The summed E-state index contributed by atoms with van der Waals surface area (Å²) in [6.07, 6.45) is 0.0365. The summed E-state index contributed by atoms with van der Waals surface area (Å²) in [5.41, 5.74) is 0. The molecule has 0 aliphatic heterocycles. The third kappa shape index (κ3) is 5.07. The third-order valence-electron chi connectivity index (χ3n) is 2.34. The van der Waals surface area contributed by atoms with Gasteiger partial charge in [0.1, 0.15) is 0 Å². The van der Waals surface area contributed by atoms with Crippen LogP contribution in [0.1, 0.15) is 40.5 Å². The van der Waals surface area contributed by atoms with Crippen LogP contribution in [0.25, 0.3) is 0 Å². The summed E-state index contributed by atoms with van der Waals surface area (Å²) in [7, 11) is 0. The molecule has 18 heavy (non-hydrogen) atoms. The first kappa shape index (κ1) is 16.3. The van der Waals surface area contributed by atoms with Crippen LogP contribution in [0.3, 0.4) is 0 Å². The lowest BCUT2D eigenvalue weighted by Crippen LogP contribution is -2.35. The van der Waals surface area contributed by atoms with Crippen molar-refractivity contribution in [2.24, 2.45) is 0 Å². The minimum absolute atomic E-state index is 0.486. The molecule has 0 saturated heterocycles. The van der Waals surface area contributed by atoms with E-state index < -0.39 is 35.7 Å². The molecule has 6 nitrogen and oxygen atoms in total. The van der Waals surface area contributed by atoms with Crippen molar-refractivity contribution in [3.8, 4) is 0 Å². The van der Waals surface area contributed by atoms with Crippen molar-refractivity contribution in [3.05, 3.63) is 0 Å². The molecule has 0 N–H and O–H groups in total. The highest BCUT2D eigenvalue weighted by atomic mass is 16.6. The molecular weight excluding hydrogens is 240 g/mol. The molecule has 0 amide bonds. The van der Waals surface area contributed by atoms with E-state index in [4.69, 9.17) is 0 Å². The number of hydrogen-bond acceptors (Lipinski definition) is 6. The summed E-state index contributed by atoms with van der Waals surface area (Å²) in [6, 6.07) is 0. The number of carbonyl (C=O) groups is 4. The van der Waals surface area contributed by atoms with Crippen molar-refractivity contribution in [1.82, 2.24) is 0 Å². The largest absolute Gasteiger partial charge is 0.457 e. The van der Waals surface area contributed by atoms with Crippen LogP contribution in [0.15, 0.2) is 0 Å². The van der Waals surface area contributed by atoms with Crippen molar-refractivity contribution < 1.29 is 28.7 Å². The van der Waals surface area contributed by atoms with E-state index in [1.807, 2.05) is 0 Å². The lowest BCUT2D eigenvalue weighted by atomic mass is 10.2. The van der Waals surface area contributed by atoms with Gasteiger partial charge >= 0.3 is 23.5 Å². The molecular formula is C12H18O6. The van der Waals surface area contributed by atoms with Crippen LogP contribution in [0.5, 0.6) is 0 Å². The van der Waals surface area contributed by atoms with E-state index in [0.717, 1.165) is 0 Å². The maximum Gasteiger partial charge on any atom is 0.383 e. The molecule has 0 aliphatic carbocycles. The van der Waals surface area contributed by atoms with Gasteiger partial charge in [0.15, 0.2) is 0 Å². The molecule has 0 rings (SSSR count). The topological polar surface area (TPSA) is 86.7 Å². The number of Topliss-reactive ketones (excluding diaryl/α,β-unsaturated/α-hetero) is 2. The third-order valence-corrected chi connectivity index (χ3v) is 2.34. The Labute approximate surface area is 106 Å². The van der Waals surface area contributed by atoms with E-state index in [9.17, 15) is 19.2 Å². The van der Waals surface area contributed by atoms with Crippen molar-refractivity contribution in [3.63, 3.8) is 0 Å². The molecule has 2 unspecified atom stereocenters. The molecule has 0 spiro atoms. The van der Waals surface area contributed by atoms with Crippen molar-refractivity contribution >= 4 is 23.5 Å². The highest BCUT2D eigenvalue weighted by Crippen LogP contribution is 2.00. The van der Waals surface area contributed by atoms with Gasteiger partial charge < -0.3 is 9.47 Å². The Balaban J connectivity index is 4.46. The molecule has 6 heteroatoms. The van der Waals surface area contributed by atoms with Crippen LogP contribution in [-0.4, -0.2) is 35.7 Å². The lowest BCUT2D eigenvalue weighted by Gasteiger charge is -2.11. The molecule has 0 bridgehead atoms. The first-order valence-electron chi connectivity index (χ1n) is 5.83. The van der Waals surface area contributed by atoms with Gasteiger partial charge in [-0.2, -0.15) is 0 Å². The normalized spacial score (nSPS) is 13.3. The van der Waals surface area contributed by atoms with Crippen molar-refractivity contribution in [2.45, 2.75) is 52.7 Å². The highest BCUT2D eigenvalue weighted by Gasteiger charge is 2.33. The van der Waals surface area contributed by atoms with Gasteiger partial charge in [-0.1, -0.05) is 13.8 Å². The number of ketones is 2. The zero-order chi connectivity index (χ0) is 14.3. The summed E-state index contributed by atoms with van der Waals surface area (Å²) < 4.78 is 9.29. The maximum atomic E-state index is 11.3. The molecule has 0 aromatic carbocycles. The first-order valence-corrected chi connectivity index (χ1v) is 5.83. The summed E-state index contributed by atoms with van der Waals surface area (Å²) >= 11 is 0. The Bertz CT molecular complexity index is 312. The standard InChI is InChI=1S/C12H18O6/c1-5-7(3)17-11(15)9(13)10(14)12(16)18-8(4)6-2/h7-8H,5-6H2,1-4H3. The zero-order valence-electron chi connectivity index (χ0n) is 11.0. The first-order chi connectivity index (χ1) is 8.33. The number of hydrogen-bond donors (Lipinski definition) is 0. The molecule has 0 aromatic heterocycles. The predicted molar refractivity (Wildman–Crippen MR) is 61.7 cm³/mol. The van der Waals surface area contributed by atoms with E-state index in [1.54, 1.807) is 27.7 Å². The van der Waals surface area contributed by atoms with E-state index >= 15 is 0 Å². The minimum Gasteiger partial charge on any atom is -0.457 e. The van der Waals surface area contributed by atoms with Crippen LogP contribution in [0.4, 0.5) is 0 Å². The molecule has 0 aromatic rings. The van der Waals surface area contributed by atoms with Gasteiger partial charge in [0.25, 0.3) is 0 Å². The van der Waals surface area contributed by atoms with Crippen LogP contribution < -0.4 is 0 Å². The highest BCUT2D eigenvalue weighted by molar-refractivity contribution is 6.76. The Morgan fingerprint density at radius 2 is 1.06 bits per heavy atom. The second-order valence-electron chi connectivity index (χ2n) is 3.91. The second kappa shape index (κ2) is 7.58. The van der Waals surface area contributed by atoms with E-state index in [-0.39, 0.29) is 0 Å². The Morgan fingerprint density at radius 3 is 1.28 bits per heavy atom.